The molecule has 1 aromatic carbocycles. The molecule has 102 valence electrons. The first-order valence-electron chi connectivity index (χ1n) is 6.34. The Kier molecular flexibility index (Phi) is 3.06. The van der Waals surface area contributed by atoms with E-state index in [9.17, 15) is 9.59 Å². The summed E-state index contributed by atoms with van der Waals surface area (Å²) in [5, 5.41) is 4.66. The Morgan fingerprint density at radius 1 is 1.25 bits per heavy atom. The highest BCUT2D eigenvalue weighted by Gasteiger charge is 2.28. The van der Waals surface area contributed by atoms with E-state index in [-0.39, 0.29) is 6.04 Å². The number of carbonyl (C=O) groups is 2. The summed E-state index contributed by atoms with van der Waals surface area (Å²) in [5.41, 5.74) is 2.03. The number of nitrogens with zero attached hydrogens (tertiary/aromatic N) is 1. The molecular formula is C15H14N2O2S. The van der Waals surface area contributed by atoms with Crippen molar-refractivity contribution in [1.82, 2.24) is 0 Å². The van der Waals surface area contributed by atoms with Crippen LogP contribution in [0.5, 0.6) is 0 Å². The van der Waals surface area contributed by atoms with Crippen LogP contribution in [0.25, 0.3) is 0 Å². The van der Waals surface area contributed by atoms with Crippen molar-refractivity contribution in [3.05, 3.63) is 46.2 Å². The molecule has 3 rings (SSSR count). The molecule has 0 spiro atoms. The van der Waals surface area contributed by atoms with Crippen LogP contribution in [0, 0.1) is 0 Å². The van der Waals surface area contributed by atoms with Gasteiger partial charge in [0, 0.05) is 17.6 Å². The maximum atomic E-state index is 11.6. The molecule has 1 aliphatic heterocycles. The minimum atomic E-state index is -0.550. The van der Waals surface area contributed by atoms with Crippen LogP contribution in [0.4, 0.5) is 11.4 Å². The van der Waals surface area contributed by atoms with Gasteiger partial charge in [0.05, 0.1) is 17.3 Å². The average molecular weight is 286 g/mol. The Morgan fingerprint density at radius 3 is 2.75 bits per heavy atom. The van der Waals surface area contributed by atoms with Crippen LogP contribution in [-0.4, -0.2) is 18.7 Å². The van der Waals surface area contributed by atoms with E-state index in [0.29, 0.717) is 11.3 Å². The molecule has 2 aromatic rings. The largest absolute Gasteiger partial charge is 0.367 e. The molecule has 5 heteroatoms. The number of anilines is 2. The predicted octanol–water partition coefficient (Wildman–Crippen LogP) is 3.08. The lowest BCUT2D eigenvalue weighted by atomic mass is 10.1. The molecular weight excluding hydrogens is 272 g/mol. The Labute approximate surface area is 121 Å². The van der Waals surface area contributed by atoms with Crippen LogP contribution in [0.3, 0.4) is 0 Å². The summed E-state index contributed by atoms with van der Waals surface area (Å²) in [6.07, 6.45) is 0. The van der Waals surface area contributed by atoms with Crippen LogP contribution in [0.15, 0.2) is 35.7 Å². The fourth-order valence-electron chi connectivity index (χ4n) is 2.30. The zero-order chi connectivity index (χ0) is 14.3. The molecule has 20 heavy (non-hydrogen) atoms. The van der Waals surface area contributed by atoms with Gasteiger partial charge in [0.25, 0.3) is 11.7 Å². The van der Waals surface area contributed by atoms with Crippen molar-refractivity contribution in [1.29, 1.82) is 0 Å². The number of ketones is 1. The number of hydrogen-bond acceptors (Lipinski definition) is 4. The lowest BCUT2D eigenvalue weighted by Crippen LogP contribution is -2.20. The van der Waals surface area contributed by atoms with Gasteiger partial charge in [-0.15, -0.1) is 11.3 Å². The first-order chi connectivity index (χ1) is 9.58. The molecule has 1 atom stereocenters. The summed E-state index contributed by atoms with van der Waals surface area (Å²) in [6, 6.07) is 9.81. The second kappa shape index (κ2) is 4.76. The van der Waals surface area contributed by atoms with Gasteiger partial charge in [0.15, 0.2) is 0 Å². The molecule has 0 aliphatic carbocycles. The number of carbonyl (C=O) groups excluding carboxylic acids is 2. The van der Waals surface area contributed by atoms with Crippen LogP contribution < -0.4 is 10.2 Å². The Hall–Kier alpha value is -2.14. The number of hydrogen-bond donors (Lipinski definition) is 1. The Bertz CT molecular complexity index is 679. The Balaban J connectivity index is 1.91. The molecule has 0 radical (unpaired) electrons. The van der Waals surface area contributed by atoms with E-state index in [2.05, 4.69) is 28.6 Å². The summed E-state index contributed by atoms with van der Waals surface area (Å²) in [5.74, 6) is -1.01. The highest BCUT2D eigenvalue weighted by Crippen LogP contribution is 2.32. The zero-order valence-corrected chi connectivity index (χ0v) is 12.0. The molecule has 1 N–H and O–H groups in total. The highest BCUT2D eigenvalue weighted by molar-refractivity contribution is 7.10. The molecule has 1 amide bonds. The minimum absolute atomic E-state index is 0.237. The third-order valence-electron chi connectivity index (χ3n) is 3.65. The summed E-state index contributed by atoms with van der Waals surface area (Å²) in [4.78, 5) is 26.3. The smallest absolute Gasteiger partial charge is 0.296 e. The number of fused-ring (bicyclic) bond motifs is 1. The van der Waals surface area contributed by atoms with Gasteiger partial charge in [0.2, 0.25) is 0 Å². The second-order valence-corrected chi connectivity index (χ2v) is 5.79. The number of nitrogens with one attached hydrogen (secondary N) is 1. The molecule has 1 unspecified atom stereocenters. The topological polar surface area (TPSA) is 49.4 Å². The van der Waals surface area contributed by atoms with Crippen LogP contribution in [0.1, 0.15) is 28.2 Å². The minimum Gasteiger partial charge on any atom is -0.367 e. The molecule has 1 aromatic heterocycles. The molecule has 4 nitrogen and oxygen atoms in total. The van der Waals surface area contributed by atoms with Gasteiger partial charge in [-0.1, -0.05) is 6.07 Å². The number of thiophene rings is 1. The highest BCUT2D eigenvalue weighted by atomic mass is 32.1. The monoisotopic (exact) mass is 286 g/mol. The molecule has 0 bridgehead atoms. The molecule has 0 saturated heterocycles. The lowest BCUT2D eigenvalue weighted by Gasteiger charge is -2.26. The van der Waals surface area contributed by atoms with Gasteiger partial charge in [-0.05, 0) is 36.6 Å². The quantitative estimate of drug-likeness (QED) is 0.882. The van der Waals surface area contributed by atoms with Gasteiger partial charge in [-0.2, -0.15) is 0 Å². The van der Waals surface area contributed by atoms with E-state index in [4.69, 9.17) is 0 Å². The van der Waals surface area contributed by atoms with Gasteiger partial charge >= 0.3 is 0 Å². The normalized spacial score (nSPS) is 14.9. The lowest BCUT2D eigenvalue weighted by molar-refractivity contribution is -0.112. The van der Waals surface area contributed by atoms with Gasteiger partial charge < -0.3 is 10.2 Å². The van der Waals surface area contributed by atoms with Crippen LogP contribution in [0.2, 0.25) is 0 Å². The van der Waals surface area contributed by atoms with Crippen molar-refractivity contribution in [2.24, 2.45) is 0 Å². The van der Waals surface area contributed by atoms with E-state index >= 15 is 0 Å². The molecule has 0 saturated carbocycles. The van der Waals surface area contributed by atoms with Crippen LogP contribution >= 0.6 is 11.3 Å². The maximum Gasteiger partial charge on any atom is 0.296 e. The van der Waals surface area contributed by atoms with Crippen molar-refractivity contribution in [2.75, 3.05) is 17.3 Å². The summed E-state index contributed by atoms with van der Waals surface area (Å²) < 4.78 is 0. The van der Waals surface area contributed by atoms with Crippen molar-refractivity contribution < 1.29 is 9.59 Å². The first-order valence-corrected chi connectivity index (χ1v) is 7.22. The van der Waals surface area contributed by atoms with Gasteiger partial charge in [-0.3, -0.25) is 9.59 Å². The third-order valence-corrected chi connectivity index (χ3v) is 4.69. The predicted molar refractivity (Wildman–Crippen MR) is 80.5 cm³/mol. The van der Waals surface area contributed by atoms with Crippen molar-refractivity contribution in [2.45, 2.75) is 13.0 Å². The van der Waals surface area contributed by atoms with E-state index < -0.39 is 11.7 Å². The average Bonchev–Trinajstić information content (AvgIpc) is 3.07. The molecule has 2 heterocycles. The number of Topliss-reactive ketones (excluding diaryl/α,β-unsaturated/α-hetero) is 1. The maximum absolute atomic E-state index is 11.6. The van der Waals surface area contributed by atoms with E-state index in [1.54, 1.807) is 17.4 Å². The van der Waals surface area contributed by atoms with E-state index in [1.807, 2.05) is 25.2 Å². The first kappa shape index (κ1) is 12.9. The van der Waals surface area contributed by atoms with E-state index in [0.717, 1.165) is 5.69 Å². The summed E-state index contributed by atoms with van der Waals surface area (Å²) in [6.45, 7) is 2.13. The molecule has 1 aliphatic rings. The van der Waals surface area contributed by atoms with Gasteiger partial charge in [0.1, 0.15) is 0 Å². The Morgan fingerprint density at radius 2 is 2.05 bits per heavy atom. The number of rotatable bonds is 3. The third kappa shape index (κ3) is 2.00. The number of benzene rings is 1. The van der Waals surface area contributed by atoms with Crippen molar-refractivity contribution in [3.63, 3.8) is 0 Å². The summed E-state index contributed by atoms with van der Waals surface area (Å²) >= 11 is 1.71. The van der Waals surface area contributed by atoms with Crippen molar-refractivity contribution >= 4 is 34.4 Å². The number of amides is 1. The fraction of sp³-hybridized carbons (Fsp3) is 0.200. The van der Waals surface area contributed by atoms with Gasteiger partial charge in [-0.25, -0.2) is 0 Å². The summed E-state index contributed by atoms with van der Waals surface area (Å²) in [7, 11) is 2.00. The second-order valence-electron chi connectivity index (χ2n) is 4.82. The SMILES string of the molecule is CC(c1cccs1)N(C)c1ccc2c(c1)NC(=O)C2=O. The molecule has 0 fully saturated rings. The fourth-order valence-corrected chi connectivity index (χ4v) is 3.12. The standard InChI is InChI=1S/C15H14N2O2S/c1-9(13-4-3-7-20-13)17(2)10-5-6-11-12(8-10)16-15(19)14(11)18/h3-9H,1-2H3,(H,16,18,19). The van der Waals surface area contributed by atoms with E-state index in [1.165, 1.54) is 4.88 Å². The zero-order valence-electron chi connectivity index (χ0n) is 11.2. The van der Waals surface area contributed by atoms with Crippen LogP contribution in [-0.2, 0) is 4.79 Å². The van der Waals surface area contributed by atoms with Crippen molar-refractivity contribution in [3.8, 4) is 0 Å².